The van der Waals surface area contributed by atoms with Crippen molar-refractivity contribution in [3.8, 4) is 0 Å². The van der Waals surface area contributed by atoms with E-state index in [-0.39, 0.29) is 26.7 Å². The average molecular weight is 521 g/mol. The van der Waals surface area contributed by atoms with Crippen molar-refractivity contribution in [1.82, 2.24) is 0 Å². The van der Waals surface area contributed by atoms with E-state index in [1.807, 2.05) is 0 Å². The highest BCUT2D eigenvalue weighted by Crippen LogP contribution is 2.45. The zero-order valence-electron chi connectivity index (χ0n) is 24.5. The highest BCUT2D eigenvalue weighted by atomic mass is 28.4. The fourth-order valence-electron chi connectivity index (χ4n) is 2.82. The number of hydrogen-bond acceptors (Lipinski definition) is 4. The Labute approximate surface area is 207 Å². The summed E-state index contributed by atoms with van der Waals surface area (Å²) >= 11 is 0. The van der Waals surface area contributed by atoms with E-state index in [1.165, 1.54) is 6.92 Å². The molecule has 1 aliphatic rings. The number of rotatable bonds is 7. The van der Waals surface area contributed by atoms with E-state index in [0.717, 1.165) is 0 Å². The molecule has 1 saturated heterocycles. The Bertz CT molecular complexity index is 709. The largest absolute Gasteiger partial charge is 0.484 e. The van der Waals surface area contributed by atoms with Gasteiger partial charge in [-0.25, -0.2) is 4.39 Å². The van der Waals surface area contributed by atoms with Crippen LogP contribution in [0.5, 0.6) is 0 Å². The van der Waals surface area contributed by atoms with Crippen molar-refractivity contribution in [1.29, 1.82) is 0 Å². The molecule has 3 atom stereocenters. The second kappa shape index (κ2) is 9.81. The van der Waals surface area contributed by atoms with E-state index in [2.05, 4.69) is 102 Å². The summed E-state index contributed by atoms with van der Waals surface area (Å²) in [5, 5.41) is 0.0727. The first-order chi connectivity index (χ1) is 14.3. The van der Waals surface area contributed by atoms with E-state index in [9.17, 15) is 4.39 Å². The van der Waals surface area contributed by atoms with Crippen LogP contribution in [0.2, 0.25) is 54.4 Å². The SMILES string of the molecule is C/C(F)=C1/O[C@H](CO[Si](C)(C)C(C)(C)C)[C@@H](O[Si](C)(C)C(C)(C)C)[C@H]1O[Si](C)(C)C(C)(C)C. The summed E-state index contributed by atoms with van der Waals surface area (Å²) in [4.78, 5) is 0. The number of ether oxygens (including phenoxy) is 1. The van der Waals surface area contributed by atoms with E-state index < -0.39 is 43.3 Å². The van der Waals surface area contributed by atoms with Gasteiger partial charge < -0.3 is 18.0 Å². The van der Waals surface area contributed by atoms with Gasteiger partial charge in [0.2, 0.25) is 0 Å². The summed E-state index contributed by atoms with van der Waals surface area (Å²) in [5.74, 6) is -0.0512. The molecule has 0 unspecified atom stereocenters. The lowest BCUT2D eigenvalue weighted by Gasteiger charge is -2.43. The van der Waals surface area contributed by atoms with Crippen LogP contribution < -0.4 is 0 Å². The summed E-state index contributed by atoms with van der Waals surface area (Å²) in [6.07, 6.45) is -1.35. The second-order valence-electron chi connectivity index (χ2n) is 14.3. The maximum Gasteiger partial charge on any atom is 0.193 e. The minimum absolute atomic E-state index is 0.0105. The molecule has 0 aromatic rings. The molecule has 33 heavy (non-hydrogen) atoms. The van der Waals surface area contributed by atoms with Crippen molar-refractivity contribution < 1.29 is 22.4 Å². The summed E-state index contributed by atoms with van der Waals surface area (Å²) in [6.45, 7) is 35.1. The summed E-state index contributed by atoms with van der Waals surface area (Å²) in [5.41, 5.74) is 0. The van der Waals surface area contributed by atoms with Gasteiger partial charge in [0.05, 0.1) is 6.61 Å². The van der Waals surface area contributed by atoms with Gasteiger partial charge in [-0.05, 0) is 61.3 Å². The zero-order valence-corrected chi connectivity index (χ0v) is 27.5. The molecule has 0 aliphatic carbocycles. The van der Waals surface area contributed by atoms with Crippen LogP contribution in [0.1, 0.15) is 69.2 Å². The third-order valence-electron chi connectivity index (χ3n) is 8.42. The van der Waals surface area contributed by atoms with Gasteiger partial charge in [0.1, 0.15) is 24.1 Å². The van der Waals surface area contributed by atoms with E-state index in [1.54, 1.807) is 0 Å². The lowest BCUT2D eigenvalue weighted by Crippen LogP contribution is -2.54. The van der Waals surface area contributed by atoms with Crippen LogP contribution in [0.3, 0.4) is 0 Å². The summed E-state index contributed by atoms with van der Waals surface area (Å²) in [7, 11) is -6.41. The van der Waals surface area contributed by atoms with Crippen LogP contribution in [-0.4, -0.2) is 49.9 Å². The minimum atomic E-state index is -2.22. The van der Waals surface area contributed by atoms with Gasteiger partial charge in [-0.2, -0.15) is 0 Å². The van der Waals surface area contributed by atoms with Crippen LogP contribution in [0.25, 0.3) is 0 Å². The number of hydrogen-bond donors (Lipinski definition) is 0. The smallest absolute Gasteiger partial charge is 0.193 e. The predicted octanol–water partition coefficient (Wildman–Crippen LogP) is 8.39. The van der Waals surface area contributed by atoms with E-state index in [4.69, 9.17) is 18.0 Å². The Hall–Kier alpha value is 0.000649. The molecule has 1 aliphatic heterocycles. The van der Waals surface area contributed by atoms with Crippen LogP contribution in [0.15, 0.2) is 11.6 Å². The Morgan fingerprint density at radius 1 is 0.758 bits per heavy atom. The van der Waals surface area contributed by atoms with Crippen molar-refractivity contribution in [3.63, 3.8) is 0 Å². The Balaban J connectivity index is 3.44. The van der Waals surface area contributed by atoms with E-state index in [0.29, 0.717) is 6.61 Å². The van der Waals surface area contributed by atoms with Gasteiger partial charge in [0.25, 0.3) is 0 Å². The van der Waals surface area contributed by atoms with Crippen LogP contribution in [0.4, 0.5) is 4.39 Å². The second-order valence-corrected chi connectivity index (χ2v) is 28.6. The highest BCUT2D eigenvalue weighted by molar-refractivity contribution is 6.75. The molecule has 196 valence electrons. The standard InChI is InChI=1S/C25H53FO4Si3/c1-18(26)20-22(30-33(15,16)25(8,9)10)21(29-32(13,14)24(5,6)7)19(28-20)17-27-31(11,12)23(2,3)4/h19,21-22H,17H2,1-16H3/b20-18-/t19-,21-,22+/m1/s1. The zero-order chi connectivity index (χ0) is 26.4. The summed E-state index contributed by atoms with van der Waals surface area (Å²) in [6, 6.07) is 0. The molecule has 0 saturated carbocycles. The molecular formula is C25H53FO4Si3. The highest BCUT2D eigenvalue weighted by Gasteiger charge is 2.53. The first-order valence-electron chi connectivity index (χ1n) is 12.4. The normalized spacial score (nSPS) is 25.3. The molecule has 0 bridgehead atoms. The lowest BCUT2D eigenvalue weighted by atomic mass is 10.1. The third kappa shape index (κ3) is 7.26. The number of halogens is 1. The monoisotopic (exact) mass is 520 g/mol. The van der Waals surface area contributed by atoms with Crippen molar-refractivity contribution in [3.05, 3.63) is 11.6 Å². The first kappa shape index (κ1) is 31.0. The molecule has 1 fully saturated rings. The Morgan fingerprint density at radius 2 is 1.15 bits per heavy atom. The van der Waals surface area contributed by atoms with Gasteiger partial charge in [-0.1, -0.05) is 62.3 Å². The average Bonchev–Trinajstić information content (AvgIpc) is 2.87. The molecule has 0 amide bonds. The van der Waals surface area contributed by atoms with Crippen molar-refractivity contribution in [2.45, 2.75) is 142 Å². The number of allylic oxidation sites excluding steroid dienone is 1. The van der Waals surface area contributed by atoms with Gasteiger partial charge in [-0.3, -0.25) is 0 Å². The lowest BCUT2D eigenvalue weighted by molar-refractivity contribution is 0.00896. The molecule has 0 N–H and O–H groups in total. The predicted molar refractivity (Wildman–Crippen MR) is 146 cm³/mol. The maximum atomic E-state index is 14.8. The topological polar surface area (TPSA) is 36.9 Å². The molecule has 0 radical (unpaired) electrons. The minimum Gasteiger partial charge on any atom is -0.484 e. The Morgan fingerprint density at radius 3 is 1.52 bits per heavy atom. The molecule has 0 spiro atoms. The fraction of sp³-hybridized carbons (Fsp3) is 0.920. The van der Waals surface area contributed by atoms with Gasteiger partial charge in [0, 0.05) is 0 Å². The molecule has 4 nitrogen and oxygen atoms in total. The molecule has 1 rings (SSSR count). The Kier molecular flexibility index (Phi) is 9.22. The van der Waals surface area contributed by atoms with Crippen molar-refractivity contribution in [2.24, 2.45) is 0 Å². The van der Waals surface area contributed by atoms with E-state index >= 15 is 0 Å². The van der Waals surface area contributed by atoms with Crippen molar-refractivity contribution >= 4 is 25.0 Å². The summed E-state index contributed by atoms with van der Waals surface area (Å²) < 4.78 is 41.4. The van der Waals surface area contributed by atoms with Crippen LogP contribution in [-0.2, 0) is 18.0 Å². The quantitative estimate of drug-likeness (QED) is 0.316. The van der Waals surface area contributed by atoms with Gasteiger partial charge in [0.15, 0.2) is 30.7 Å². The van der Waals surface area contributed by atoms with Gasteiger partial charge in [-0.15, -0.1) is 0 Å². The molecule has 0 aromatic heterocycles. The molecule has 1 heterocycles. The maximum absolute atomic E-state index is 14.8. The molecular weight excluding hydrogens is 468 g/mol. The molecule has 8 heteroatoms. The van der Waals surface area contributed by atoms with Crippen molar-refractivity contribution in [2.75, 3.05) is 6.61 Å². The fourth-order valence-corrected chi connectivity index (χ4v) is 6.38. The third-order valence-corrected chi connectivity index (χ3v) is 21.9. The first-order valence-corrected chi connectivity index (χ1v) is 21.1. The van der Waals surface area contributed by atoms with Crippen LogP contribution in [0, 0.1) is 0 Å². The van der Waals surface area contributed by atoms with Crippen LogP contribution >= 0.6 is 0 Å². The molecule has 0 aromatic carbocycles. The van der Waals surface area contributed by atoms with Gasteiger partial charge >= 0.3 is 0 Å².